The van der Waals surface area contributed by atoms with E-state index < -0.39 is 24.7 Å². The molecule has 4 N–H and O–H groups in total. The maximum atomic E-state index is 10.8. The first-order valence-electron chi connectivity index (χ1n) is 4.48. The zero-order valence-electron chi connectivity index (χ0n) is 8.00. The van der Waals surface area contributed by atoms with Crippen molar-refractivity contribution in [2.24, 2.45) is 0 Å². The molecule has 2 unspecified atom stereocenters. The predicted molar refractivity (Wildman–Crippen MR) is 54.6 cm³/mol. The average Bonchev–Trinajstić information content (AvgIpc) is 2.26. The van der Waals surface area contributed by atoms with Gasteiger partial charge in [0, 0.05) is 5.69 Å². The van der Waals surface area contributed by atoms with Crippen LogP contribution in [0.2, 0.25) is 0 Å². The summed E-state index contributed by atoms with van der Waals surface area (Å²) in [5.41, 5.74) is 0.581. The SMILES string of the molecule is O=C(O)C(Nc1ccccc1)C(O)CO. The third kappa shape index (κ3) is 3.23. The number of anilines is 1. The van der Waals surface area contributed by atoms with Gasteiger partial charge in [-0.3, -0.25) is 0 Å². The van der Waals surface area contributed by atoms with Crippen LogP contribution in [-0.4, -0.2) is 40.0 Å². The molecule has 0 heterocycles. The van der Waals surface area contributed by atoms with Gasteiger partial charge >= 0.3 is 5.97 Å². The number of carbonyl (C=O) groups is 1. The second-order valence-electron chi connectivity index (χ2n) is 3.08. The molecule has 0 saturated heterocycles. The molecule has 0 aliphatic rings. The van der Waals surface area contributed by atoms with E-state index in [-0.39, 0.29) is 0 Å². The van der Waals surface area contributed by atoms with Crippen LogP contribution < -0.4 is 5.32 Å². The van der Waals surface area contributed by atoms with Crippen molar-refractivity contribution in [3.8, 4) is 0 Å². The number of hydrogen-bond donors (Lipinski definition) is 4. The molecule has 0 aliphatic heterocycles. The normalized spacial score (nSPS) is 14.3. The molecule has 0 aliphatic carbocycles. The fourth-order valence-corrected chi connectivity index (χ4v) is 1.14. The molecule has 1 aromatic carbocycles. The summed E-state index contributed by atoms with van der Waals surface area (Å²) in [6, 6.07) is 7.43. The summed E-state index contributed by atoms with van der Waals surface area (Å²) in [7, 11) is 0. The van der Waals surface area contributed by atoms with Gasteiger partial charge in [-0.05, 0) is 12.1 Å². The number of carboxylic acids is 1. The molecule has 5 heteroatoms. The van der Waals surface area contributed by atoms with E-state index in [2.05, 4.69) is 5.32 Å². The maximum Gasteiger partial charge on any atom is 0.328 e. The minimum absolute atomic E-state index is 0.581. The Hall–Kier alpha value is -1.59. The van der Waals surface area contributed by atoms with Gasteiger partial charge in [0.25, 0.3) is 0 Å². The van der Waals surface area contributed by atoms with E-state index in [0.29, 0.717) is 5.69 Å². The fraction of sp³-hybridized carbons (Fsp3) is 0.300. The molecule has 2 atom stereocenters. The van der Waals surface area contributed by atoms with Crippen molar-refractivity contribution in [1.29, 1.82) is 0 Å². The van der Waals surface area contributed by atoms with Crippen LogP contribution in [0.1, 0.15) is 0 Å². The Kier molecular flexibility index (Phi) is 4.08. The Labute approximate surface area is 87.0 Å². The molecule has 15 heavy (non-hydrogen) atoms. The predicted octanol–water partition coefficient (Wildman–Crippen LogP) is -0.0951. The summed E-state index contributed by atoms with van der Waals surface area (Å²) in [5.74, 6) is -1.21. The minimum Gasteiger partial charge on any atom is -0.480 e. The van der Waals surface area contributed by atoms with Crippen LogP contribution in [0.25, 0.3) is 0 Å². The summed E-state index contributed by atoms with van der Waals surface area (Å²) in [5, 5.41) is 29.4. The van der Waals surface area contributed by atoms with Gasteiger partial charge in [-0.2, -0.15) is 0 Å². The third-order valence-corrected chi connectivity index (χ3v) is 1.93. The van der Waals surface area contributed by atoms with E-state index in [1.807, 2.05) is 0 Å². The van der Waals surface area contributed by atoms with Crippen LogP contribution in [0, 0.1) is 0 Å². The summed E-state index contributed by atoms with van der Waals surface area (Å²) in [4.78, 5) is 10.8. The Bertz CT molecular complexity index is 314. The number of benzene rings is 1. The highest BCUT2D eigenvalue weighted by Gasteiger charge is 2.25. The number of aliphatic carboxylic acids is 1. The van der Waals surface area contributed by atoms with Crippen LogP contribution in [0.15, 0.2) is 30.3 Å². The summed E-state index contributed by atoms with van der Waals surface area (Å²) in [6.07, 6.45) is -1.33. The molecule has 0 radical (unpaired) electrons. The molecule has 0 fully saturated rings. The van der Waals surface area contributed by atoms with Crippen molar-refractivity contribution in [2.45, 2.75) is 12.1 Å². The highest BCUT2D eigenvalue weighted by atomic mass is 16.4. The molecular weight excluding hydrogens is 198 g/mol. The van der Waals surface area contributed by atoms with Gasteiger partial charge < -0.3 is 20.6 Å². The Morgan fingerprint density at radius 3 is 2.40 bits per heavy atom. The first-order chi connectivity index (χ1) is 7.15. The van der Waals surface area contributed by atoms with Crippen LogP contribution in [0.4, 0.5) is 5.69 Å². The smallest absolute Gasteiger partial charge is 0.328 e. The number of aliphatic hydroxyl groups is 2. The van der Waals surface area contributed by atoms with E-state index in [1.54, 1.807) is 30.3 Å². The average molecular weight is 211 g/mol. The van der Waals surface area contributed by atoms with Crippen molar-refractivity contribution in [2.75, 3.05) is 11.9 Å². The molecule has 0 aromatic heterocycles. The summed E-state index contributed by atoms with van der Waals surface area (Å²) in [6.45, 7) is -0.600. The van der Waals surface area contributed by atoms with Crippen LogP contribution in [-0.2, 0) is 4.79 Å². The number of para-hydroxylation sites is 1. The zero-order chi connectivity index (χ0) is 11.3. The lowest BCUT2D eigenvalue weighted by molar-refractivity contribution is -0.141. The van der Waals surface area contributed by atoms with Crippen molar-refractivity contribution >= 4 is 11.7 Å². The number of aliphatic hydroxyl groups excluding tert-OH is 2. The van der Waals surface area contributed by atoms with Crippen LogP contribution >= 0.6 is 0 Å². The molecule has 1 aromatic rings. The highest BCUT2D eigenvalue weighted by Crippen LogP contribution is 2.09. The third-order valence-electron chi connectivity index (χ3n) is 1.93. The summed E-state index contributed by atoms with van der Waals surface area (Å²) < 4.78 is 0. The molecule has 0 spiro atoms. The lowest BCUT2D eigenvalue weighted by Crippen LogP contribution is -2.42. The van der Waals surface area contributed by atoms with E-state index in [1.165, 1.54) is 0 Å². The van der Waals surface area contributed by atoms with Crippen molar-refractivity contribution < 1.29 is 20.1 Å². The van der Waals surface area contributed by atoms with Gasteiger partial charge in [0.1, 0.15) is 6.10 Å². The molecule has 82 valence electrons. The first-order valence-corrected chi connectivity index (χ1v) is 4.48. The van der Waals surface area contributed by atoms with E-state index in [0.717, 1.165) is 0 Å². The van der Waals surface area contributed by atoms with Gasteiger partial charge in [-0.1, -0.05) is 18.2 Å². The minimum atomic E-state index is -1.33. The van der Waals surface area contributed by atoms with Gasteiger partial charge in [0.05, 0.1) is 6.61 Å². The quantitative estimate of drug-likeness (QED) is 0.546. The molecule has 0 amide bonds. The Balaban J connectivity index is 2.71. The Morgan fingerprint density at radius 2 is 1.93 bits per heavy atom. The van der Waals surface area contributed by atoms with Crippen LogP contribution in [0.5, 0.6) is 0 Å². The van der Waals surface area contributed by atoms with Gasteiger partial charge in [-0.25, -0.2) is 4.79 Å². The standard InChI is InChI=1S/C10H13NO4/c12-6-8(13)9(10(14)15)11-7-4-2-1-3-5-7/h1-5,8-9,11-13H,6H2,(H,14,15). The number of rotatable bonds is 5. The maximum absolute atomic E-state index is 10.8. The molecule has 0 saturated carbocycles. The number of nitrogens with one attached hydrogen (secondary N) is 1. The number of hydrogen-bond acceptors (Lipinski definition) is 4. The van der Waals surface area contributed by atoms with E-state index in [9.17, 15) is 9.90 Å². The van der Waals surface area contributed by atoms with Gasteiger partial charge in [0.2, 0.25) is 0 Å². The topological polar surface area (TPSA) is 89.8 Å². The largest absolute Gasteiger partial charge is 0.480 e. The van der Waals surface area contributed by atoms with Crippen molar-refractivity contribution in [3.63, 3.8) is 0 Å². The van der Waals surface area contributed by atoms with E-state index >= 15 is 0 Å². The molecule has 0 bridgehead atoms. The van der Waals surface area contributed by atoms with Gasteiger partial charge in [-0.15, -0.1) is 0 Å². The van der Waals surface area contributed by atoms with Crippen molar-refractivity contribution in [3.05, 3.63) is 30.3 Å². The fourth-order valence-electron chi connectivity index (χ4n) is 1.14. The number of carboxylic acid groups (broad SMARTS) is 1. The van der Waals surface area contributed by atoms with Crippen LogP contribution in [0.3, 0.4) is 0 Å². The molecule has 5 nitrogen and oxygen atoms in total. The highest BCUT2D eigenvalue weighted by molar-refractivity contribution is 5.78. The van der Waals surface area contributed by atoms with Crippen molar-refractivity contribution in [1.82, 2.24) is 0 Å². The second-order valence-corrected chi connectivity index (χ2v) is 3.08. The molecular formula is C10H13NO4. The molecule has 1 rings (SSSR count). The van der Waals surface area contributed by atoms with Gasteiger partial charge in [0.15, 0.2) is 6.04 Å². The second kappa shape index (κ2) is 5.33. The monoisotopic (exact) mass is 211 g/mol. The zero-order valence-corrected chi connectivity index (χ0v) is 8.00. The Morgan fingerprint density at radius 1 is 1.33 bits per heavy atom. The first kappa shape index (κ1) is 11.5. The lowest BCUT2D eigenvalue weighted by atomic mass is 10.1. The summed E-state index contributed by atoms with van der Waals surface area (Å²) >= 11 is 0. The lowest BCUT2D eigenvalue weighted by Gasteiger charge is -2.19. The van der Waals surface area contributed by atoms with E-state index in [4.69, 9.17) is 10.2 Å².